The molecule has 1 aliphatic heterocycles. The van der Waals surface area contributed by atoms with Gasteiger partial charge in [-0.15, -0.1) is 0 Å². The number of urea groups is 1. The minimum Gasteiger partial charge on any atom is -0.508 e. The van der Waals surface area contributed by atoms with Crippen molar-refractivity contribution in [2.24, 2.45) is 0 Å². The number of nitrogens with one attached hydrogen (secondary N) is 1. The molecule has 9 heteroatoms. The van der Waals surface area contributed by atoms with Gasteiger partial charge in [-0.3, -0.25) is 14.9 Å². The number of amides is 4. The number of nitrogens with zero attached hydrogens (tertiary/aromatic N) is 1. The zero-order valence-corrected chi connectivity index (χ0v) is 18.1. The summed E-state index contributed by atoms with van der Waals surface area (Å²) in [5.41, 5.74) is 0.463. The van der Waals surface area contributed by atoms with Crippen LogP contribution in [0, 0.1) is 0 Å². The molecule has 0 aliphatic carbocycles. The Kier molecular flexibility index (Phi) is 6.76. The Balaban J connectivity index is 2.01. The van der Waals surface area contributed by atoms with Crippen molar-refractivity contribution in [3.63, 3.8) is 0 Å². The second kappa shape index (κ2) is 9.48. The highest BCUT2D eigenvalue weighted by molar-refractivity contribution is 9.10. The van der Waals surface area contributed by atoms with Crippen LogP contribution in [-0.4, -0.2) is 36.2 Å². The summed E-state index contributed by atoms with van der Waals surface area (Å²) < 4.78 is 11.8. The van der Waals surface area contributed by atoms with Gasteiger partial charge in [-0.1, -0.05) is 12.7 Å². The van der Waals surface area contributed by atoms with Gasteiger partial charge in [-0.25, -0.2) is 9.69 Å². The fourth-order valence-corrected chi connectivity index (χ4v) is 3.45. The number of rotatable bonds is 7. The average Bonchev–Trinajstić information content (AvgIpc) is 2.72. The molecular weight excluding hydrogens is 468 g/mol. The second-order valence-electron chi connectivity index (χ2n) is 6.34. The van der Waals surface area contributed by atoms with Gasteiger partial charge in [-0.2, -0.15) is 0 Å². The number of phenolic OH excluding ortho intramolecular Hbond substituents is 1. The summed E-state index contributed by atoms with van der Waals surface area (Å²) in [5.74, 6) is -0.746. The average molecular weight is 487 g/mol. The Morgan fingerprint density at radius 1 is 1.16 bits per heavy atom. The van der Waals surface area contributed by atoms with Gasteiger partial charge in [0.25, 0.3) is 11.8 Å². The molecule has 0 unspecified atom stereocenters. The molecule has 1 fully saturated rings. The maximum Gasteiger partial charge on any atom is 0.335 e. The first-order valence-corrected chi connectivity index (χ1v) is 10.1. The van der Waals surface area contributed by atoms with Crippen molar-refractivity contribution < 1.29 is 29.0 Å². The van der Waals surface area contributed by atoms with Gasteiger partial charge in [0.15, 0.2) is 11.5 Å². The lowest BCUT2D eigenvalue weighted by atomic mass is 10.1. The number of aromatic hydroxyl groups is 1. The number of carbonyl (C=O) groups is 3. The predicted molar refractivity (Wildman–Crippen MR) is 118 cm³/mol. The Morgan fingerprint density at radius 2 is 1.87 bits per heavy atom. The zero-order valence-electron chi connectivity index (χ0n) is 16.6. The standard InChI is InChI=1S/C22H19BrN2O6/c1-3-9-31-19-17(23)11-13(12-18(19)30-4-2)10-16-20(27)24-22(29)25(21(16)28)14-5-7-15(26)8-6-14/h3,5-8,10-12,26H,1,4,9H2,2H3,(H,24,27,29)/b16-10+. The van der Waals surface area contributed by atoms with Crippen LogP contribution in [0.4, 0.5) is 10.5 Å². The van der Waals surface area contributed by atoms with Crippen molar-refractivity contribution in [3.05, 3.63) is 64.7 Å². The summed E-state index contributed by atoms with van der Waals surface area (Å²) in [6.07, 6.45) is 2.96. The Morgan fingerprint density at radius 3 is 2.52 bits per heavy atom. The van der Waals surface area contributed by atoms with Crippen LogP contribution in [0.1, 0.15) is 12.5 Å². The van der Waals surface area contributed by atoms with E-state index in [0.29, 0.717) is 28.1 Å². The largest absolute Gasteiger partial charge is 0.508 e. The van der Waals surface area contributed by atoms with E-state index in [1.165, 1.54) is 30.3 Å². The third-order valence-corrected chi connectivity index (χ3v) is 4.79. The first-order valence-electron chi connectivity index (χ1n) is 9.26. The number of anilines is 1. The quantitative estimate of drug-likeness (QED) is 0.350. The summed E-state index contributed by atoms with van der Waals surface area (Å²) in [4.78, 5) is 38.5. The van der Waals surface area contributed by atoms with Crippen molar-refractivity contribution >= 4 is 45.5 Å². The van der Waals surface area contributed by atoms with Crippen molar-refractivity contribution in [1.29, 1.82) is 0 Å². The van der Waals surface area contributed by atoms with Crippen LogP contribution in [0.15, 0.2) is 59.1 Å². The fraction of sp³-hybridized carbons (Fsp3) is 0.136. The highest BCUT2D eigenvalue weighted by Crippen LogP contribution is 2.38. The summed E-state index contributed by atoms with van der Waals surface area (Å²) in [6.45, 7) is 6.07. The van der Waals surface area contributed by atoms with E-state index in [0.717, 1.165) is 4.90 Å². The van der Waals surface area contributed by atoms with E-state index in [9.17, 15) is 19.5 Å². The van der Waals surface area contributed by atoms with Gasteiger partial charge in [0.05, 0.1) is 16.8 Å². The summed E-state index contributed by atoms with van der Waals surface area (Å²) >= 11 is 3.42. The molecule has 0 radical (unpaired) electrons. The molecule has 1 heterocycles. The normalized spacial score (nSPS) is 15.1. The summed E-state index contributed by atoms with van der Waals surface area (Å²) in [5, 5.41) is 11.6. The molecule has 0 spiro atoms. The first-order chi connectivity index (χ1) is 14.8. The lowest BCUT2D eigenvalue weighted by Crippen LogP contribution is -2.54. The smallest absolute Gasteiger partial charge is 0.335 e. The highest BCUT2D eigenvalue weighted by Gasteiger charge is 2.36. The van der Waals surface area contributed by atoms with E-state index in [1.807, 2.05) is 6.92 Å². The lowest BCUT2D eigenvalue weighted by Gasteiger charge is -2.26. The molecule has 3 rings (SSSR count). The van der Waals surface area contributed by atoms with E-state index < -0.39 is 17.8 Å². The molecule has 2 aromatic carbocycles. The van der Waals surface area contributed by atoms with Crippen LogP contribution in [-0.2, 0) is 9.59 Å². The number of carbonyl (C=O) groups excluding carboxylic acids is 3. The van der Waals surface area contributed by atoms with E-state index in [4.69, 9.17) is 9.47 Å². The van der Waals surface area contributed by atoms with Crippen LogP contribution < -0.4 is 19.7 Å². The van der Waals surface area contributed by atoms with Crippen LogP contribution in [0.3, 0.4) is 0 Å². The fourth-order valence-electron chi connectivity index (χ4n) is 2.88. The molecule has 1 saturated heterocycles. The Bertz CT molecular complexity index is 1080. The molecular formula is C22H19BrN2O6. The second-order valence-corrected chi connectivity index (χ2v) is 7.19. The Labute approximate surface area is 186 Å². The van der Waals surface area contributed by atoms with Gasteiger partial charge in [0, 0.05) is 0 Å². The van der Waals surface area contributed by atoms with Crippen LogP contribution in [0.5, 0.6) is 17.2 Å². The number of hydrogen-bond donors (Lipinski definition) is 2. The van der Waals surface area contributed by atoms with E-state index >= 15 is 0 Å². The number of barbiturate groups is 1. The number of ether oxygens (including phenoxy) is 2. The van der Waals surface area contributed by atoms with Crippen LogP contribution in [0.2, 0.25) is 0 Å². The molecule has 31 heavy (non-hydrogen) atoms. The van der Waals surface area contributed by atoms with Gasteiger partial charge in [0.2, 0.25) is 0 Å². The molecule has 0 saturated carbocycles. The number of benzene rings is 2. The monoisotopic (exact) mass is 486 g/mol. The number of imide groups is 2. The van der Waals surface area contributed by atoms with Crippen LogP contribution >= 0.6 is 15.9 Å². The third-order valence-electron chi connectivity index (χ3n) is 4.20. The van der Waals surface area contributed by atoms with Crippen molar-refractivity contribution in [2.45, 2.75) is 6.92 Å². The van der Waals surface area contributed by atoms with Gasteiger partial charge >= 0.3 is 6.03 Å². The van der Waals surface area contributed by atoms with E-state index in [1.54, 1.807) is 18.2 Å². The molecule has 0 bridgehead atoms. The van der Waals surface area contributed by atoms with Gasteiger partial charge in [0.1, 0.15) is 17.9 Å². The number of halogens is 1. The molecule has 160 valence electrons. The van der Waals surface area contributed by atoms with Gasteiger partial charge in [-0.05, 0) is 70.9 Å². The number of phenols is 1. The molecule has 2 aromatic rings. The van der Waals surface area contributed by atoms with E-state index in [2.05, 4.69) is 27.8 Å². The molecule has 8 nitrogen and oxygen atoms in total. The molecule has 0 aromatic heterocycles. The minimum atomic E-state index is -0.873. The minimum absolute atomic E-state index is 0.0208. The summed E-state index contributed by atoms with van der Waals surface area (Å²) in [6, 6.07) is 7.89. The molecule has 1 aliphatic rings. The molecule has 2 N–H and O–H groups in total. The van der Waals surface area contributed by atoms with Crippen LogP contribution in [0.25, 0.3) is 6.08 Å². The predicted octanol–water partition coefficient (Wildman–Crippen LogP) is 3.78. The number of hydrogen-bond acceptors (Lipinski definition) is 6. The third kappa shape index (κ3) is 4.77. The van der Waals surface area contributed by atoms with Crippen molar-refractivity contribution in [3.8, 4) is 17.2 Å². The first kappa shape index (κ1) is 22.1. The molecule has 0 atom stereocenters. The van der Waals surface area contributed by atoms with Gasteiger partial charge < -0.3 is 14.6 Å². The SMILES string of the molecule is C=CCOc1c(Br)cc(/C=C2\C(=O)NC(=O)N(c3ccc(O)cc3)C2=O)cc1OCC. The van der Waals surface area contributed by atoms with Crippen molar-refractivity contribution in [1.82, 2.24) is 5.32 Å². The maximum atomic E-state index is 13.0. The zero-order chi connectivity index (χ0) is 22.5. The molecule has 4 amide bonds. The van der Waals surface area contributed by atoms with Crippen molar-refractivity contribution in [2.75, 3.05) is 18.1 Å². The topological polar surface area (TPSA) is 105 Å². The summed E-state index contributed by atoms with van der Waals surface area (Å²) in [7, 11) is 0. The Hall–Kier alpha value is -3.59. The maximum absolute atomic E-state index is 13.0. The highest BCUT2D eigenvalue weighted by atomic mass is 79.9. The van der Waals surface area contributed by atoms with E-state index in [-0.39, 0.29) is 23.6 Å². The lowest BCUT2D eigenvalue weighted by molar-refractivity contribution is -0.122.